The first-order chi connectivity index (χ1) is 13.3. The first-order valence-corrected chi connectivity index (χ1v) is 13.1. The molecule has 0 heteroatoms. The third-order valence-corrected chi connectivity index (χ3v) is 6.24. The molecule has 0 aromatic carbocycles. The molecular weight excluding hydrogens is 324 g/mol. The molecule has 0 spiro atoms. The van der Waals surface area contributed by atoms with Crippen LogP contribution in [0.2, 0.25) is 0 Å². The highest BCUT2D eigenvalue weighted by Crippen LogP contribution is 2.29. The van der Waals surface area contributed by atoms with Crippen LogP contribution in [0.15, 0.2) is 0 Å². The quantitative estimate of drug-likeness (QED) is 0.164. The number of unbranched alkanes of at least 4 members (excludes halogenated alkanes) is 12. The summed E-state index contributed by atoms with van der Waals surface area (Å²) in [6.07, 6.45) is 31.5. The molecule has 0 saturated heterocycles. The van der Waals surface area contributed by atoms with Crippen LogP contribution in [0.25, 0.3) is 0 Å². The molecule has 1 unspecified atom stereocenters. The summed E-state index contributed by atoms with van der Waals surface area (Å²) in [5, 5.41) is 0. The van der Waals surface area contributed by atoms with Gasteiger partial charge in [-0.2, -0.15) is 0 Å². The predicted octanol–water partition coefficient (Wildman–Crippen LogP) is 10.3. The summed E-state index contributed by atoms with van der Waals surface area (Å²) < 4.78 is 0. The van der Waals surface area contributed by atoms with Gasteiger partial charge in [-0.15, -0.1) is 0 Å². The maximum absolute atomic E-state index is 2.84. The average Bonchev–Trinajstić information content (AvgIpc) is 2.67. The van der Waals surface area contributed by atoms with Gasteiger partial charge in [-0.1, -0.05) is 156 Å². The minimum atomic E-state index is 0.896. The Balaban J connectivity index is 4.26. The third kappa shape index (κ3) is 19.1. The number of hydrogen-bond donors (Lipinski definition) is 0. The lowest BCUT2D eigenvalue weighted by atomic mass is 9.82. The van der Waals surface area contributed by atoms with Crippen LogP contribution < -0.4 is 0 Å². The van der Waals surface area contributed by atoms with Crippen molar-refractivity contribution >= 4 is 0 Å². The van der Waals surface area contributed by atoms with Crippen LogP contribution in [-0.4, -0.2) is 0 Å². The van der Waals surface area contributed by atoms with Crippen molar-refractivity contribution in [1.29, 1.82) is 0 Å². The van der Waals surface area contributed by atoms with Gasteiger partial charge in [0.15, 0.2) is 0 Å². The Bertz CT molecular complexity index is 243. The van der Waals surface area contributed by atoms with Crippen molar-refractivity contribution in [2.24, 2.45) is 11.8 Å². The van der Waals surface area contributed by atoms with Gasteiger partial charge in [0.2, 0.25) is 0 Å². The zero-order valence-corrected chi connectivity index (χ0v) is 19.9. The summed E-state index contributed by atoms with van der Waals surface area (Å²) >= 11 is 0. The molecule has 27 heavy (non-hydrogen) atoms. The summed E-state index contributed by atoms with van der Waals surface area (Å²) in [5.74, 6) is 1.80. The number of rotatable bonds is 22. The van der Waals surface area contributed by atoms with E-state index in [9.17, 15) is 0 Å². The average molecular weight is 380 g/mol. The van der Waals surface area contributed by atoms with E-state index in [1.54, 1.807) is 0 Å². The maximum Gasteiger partial charge on any atom is -0.0324 e. The van der Waals surface area contributed by atoms with Crippen LogP contribution in [0, 0.1) is 18.3 Å². The molecule has 0 aromatic heterocycles. The fraction of sp³-hybridized carbons (Fsp3) is 0.963. The molecule has 1 atom stereocenters. The van der Waals surface area contributed by atoms with Gasteiger partial charge in [0.25, 0.3) is 0 Å². The molecule has 0 fully saturated rings. The zero-order chi connectivity index (χ0) is 20.0. The normalized spacial score (nSPS) is 12.8. The fourth-order valence-corrected chi connectivity index (χ4v) is 4.46. The Labute approximate surface area is 174 Å². The molecule has 1 radical (unpaired) electrons. The van der Waals surface area contributed by atoms with E-state index in [0.717, 1.165) is 11.8 Å². The summed E-state index contributed by atoms with van der Waals surface area (Å²) in [5.41, 5.74) is 0. The van der Waals surface area contributed by atoms with Crippen molar-refractivity contribution < 1.29 is 0 Å². The van der Waals surface area contributed by atoms with E-state index in [1.165, 1.54) is 128 Å². The second-order valence-corrected chi connectivity index (χ2v) is 9.11. The summed E-state index contributed by atoms with van der Waals surface area (Å²) in [4.78, 5) is 0. The molecule has 0 aliphatic heterocycles. The third-order valence-electron chi connectivity index (χ3n) is 6.24. The van der Waals surface area contributed by atoms with Gasteiger partial charge >= 0.3 is 0 Å². The second-order valence-electron chi connectivity index (χ2n) is 9.11. The van der Waals surface area contributed by atoms with Gasteiger partial charge in [-0.05, 0) is 18.3 Å². The molecule has 0 heterocycles. The minimum absolute atomic E-state index is 0.896. The highest BCUT2D eigenvalue weighted by Gasteiger charge is 2.16. The topological polar surface area (TPSA) is 0 Å². The first kappa shape index (κ1) is 27.0. The monoisotopic (exact) mass is 379 g/mol. The summed E-state index contributed by atoms with van der Waals surface area (Å²) in [7, 11) is 0. The largest absolute Gasteiger partial charge is 0.0654 e. The highest BCUT2D eigenvalue weighted by atomic mass is 14.2. The van der Waals surface area contributed by atoms with E-state index in [1.807, 2.05) is 0 Å². The Morgan fingerprint density at radius 3 is 1.04 bits per heavy atom. The van der Waals surface area contributed by atoms with Crippen LogP contribution in [0.1, 0.15) is 156 Å². The first-order valence-electron chi connectivity index (χ1n) is 13.1. The van der Waals surface area contributed by atoms with E-state index >= 15 is 0 Å². The molecular formula is C27H55. The molecule has 0 nitrogen and oxygen atoms in total. The standard InChI is InChI=1S/C27H55/c1-5-9-12-15-18-22-26(21-8-4)25-27(23-19-16-13-10-6-2)24-20-17-14-11-7-3/h25-27H,5-24H2,1-4H3. The maximum atomic E-state index is 2.84. The molecule has 0 N–H and O–H groups in total. The molecule has 0 aliphatic carbocycles. The van der Waals surface area contributed by atoms with Crippen LogP contribution in [-0.2, 0) is 0 Å². The zero-order valence-electron chi connectivity index (χ0n) is 19.9. The Kier molecular flexibility index (Phi) is 22.3. The Hall–Kier alpha value is 0. The summed E-state index contributed by atoms with van der Waals surface area (Å²) in [6, 6.07) is 0. The van der Waals surface area contributed by atoms with Crippen LogP contribution in [0.5, 0.6) is 0 Å². The van der Waals surface area contributed by atoms with Crippen LogP contribution in [0.3, 0.4) is 0 Å². The van der Waals surface area contributed by atoms with E-state index < -0.39 is 0 Å². The second kappa shape index (κ2) is 22.3. The smallest absolute Gasteiger partial charge is 0.0324 e. The van der Waals surface area contributed by atoms with Crippen molar-refractivity contribution in [1.82, 2.24) is 0 Å². The van der Waals surface area contributed by atoms with Crippen molar-refractivity contribution in [2.75, 3.05) is 0 Å². The molecule has 0 saturated carbocycles. The highest BCUT2D eigenvalue weighted by molar-refractivity contribution is 4.84. The van der Waals surface area contributed by atoms with E-state index in [4.69, 9.17) is 0 Å². The van der Waals surface area contributed by atoms with Gasteiger partial charge in [-0.25, -0.2) is 0 Å². The van der Waals surface area contributed by atoms with Gasteiger partial charge in [0.1, 0.15) is 0 Å². The van der Waals surface area contributed by atoms with Crippen LogP contribution >= 0.6 is 0 Å². The fourth-order valence-electron chi connectivity index (χ4n) is 4.46. The molecule has 0 aliphatic rings. The van der Waals surface area contributed by atoms with E-state index in [2.05, 4.69) is 34.1 Å². The number of hydrogen-bond acceptors (Lipinski definition) is 0. The van der Waals surface area contributed by atoms with Gasteiger partial charge in [-0.3, -0.25) is 0 Å². The minimum Gasteiger partial charge on any atom is -0.0654 e. The lowest BCUT2D eigenvalue weighted by molar-refractivity contribution is 0.371. The molecule has 0 aromatic rings. The molecule has 163 valence electrons. The molecule has 0 bridgehead atoms. The molecule has 0 amide bonds. The van der Waals surface area contributed by atoms with Gasteiger partial charge < -0.3 is 0 Å². The Morgan fingerprint density at radius 1 is 0.370 bits per heavy atom. The lowest BCUT2D eigenvalue weighted by Crippen LogP contribution is -2.11. The van der Waals surface area contributed by atoms with Crippen molar-refractivity contribution in [3.63, 3.8) is 0 Å². The Morgan fingerprint density at radius 2 is 0.704 bits per heavy atom. The van der Waals surface area contributed by atoms with E-state index in [-0.39, 0.29) is 0 Å². The van der Waals surface area contributed by atoms with Crippen molar-refractivity contribution in [3.05, 3.63) is 6.42 Å². The van der Waals surface area contributed by atoms with Crippen molar-refractivity contribution in [3.8, 4) is 0 Å². The molecule has 0 rings (SSSR count). The predicted molar refractivity (Wildman–Crippen MR) is 126 cm³/mol. The SMILES string of the molecule is CCCCCCCC([CH]C(CCCCCCC)CCCCCCC)CCC. The van der Waals surface area contributed by atoms with Crippen molar-refractivity contribution in [2.45, 2.75) is 156 Å². The van der Waals surface area contributed by atoms with Crippen LogP contribution in [0.4, 0.5) is 0 Å². The lowest BCUT2D eigenvalue weighted by Gasteiger charge is -2.23. The summed E-state index contributed by atoms with van der Waals surface area (Å²) in [6.45, 7) is 9.34. The van der Waals surface area contributed by atoms with E-state index in [0.29, 0.717) is 0 Å². The van der Waals surface area contributed by atoms with Gasteiger partial charge in [0, 0.05) is 0 Å². The van der Waals surface area contributed by atoms with Gasteiger partial charge in [0.05, 0.1) is 0 Å².